The van der Waals surface area contributed by atoms with Gasteiger partial charge in [-0.1, -0.05) is 46.6 Å². The van der Waals surface area contributed by atoms with Crippen molar-refractivity contribution in [1.82, 2.24) is 0 Å². The van der Waals surface area contributed by atoms with E-state index in [1.807, 2.05) is 0 Å². The first-order valence-electron chi connectivity index (χ1n) is 6.59. The van der Waals surface area contributed by atoms with Gasteiger partial charge in [0.25, 0.3) is 0 Å². The van der Waals surface area contributed by atoms with Crippen LogP contribution in [0.2, 0.25) is 0 Å². The van der Waals surface area contributed by atoms with Crippen molar-refractivity contribution in [2.45, 2.75) is 59.8 Å². The van der Waals surface area contributed by atoms with Gasteiger partial charge in [0, 0.05) is 0 Å². The molecule has 0 aromatic heterocycles. The summed E-state index contributed by atoms with van der Waals surface area (Å²) in [6, 6.07) is 0. The summed E-state index contributed by atoms with van der Waals surface area (Å²) in [5.41, 5.74) is 0.468. The maximum atomic E-state index is 3.91. The van der Waals surface area contributed by atoms with Crippen molar-refractivity contribution in [3.8, 4) is 0 Å². The topological polar surface area (TPSA) is 0 Å². The quantitative estimate of drug-likeness (QED) is 0.513. The second-order valence-corrected chi connectivity index (χ2v) is 6.29. The van der Waals surface area contributed by atoms with E-state index in [-0.39, 0.29) is 0 Å². The molecule has 0 aromatic carbocycles. The normalized spacial score (nSPS) is 22.5. The molecular formula is C15H28. The van der Waals surface area contributed by atoms with E-state index in [1.165, 1.54) is 32.1 Å². The molecule has 0 aromatic rings. The molecule has 0 bridgehead atoms. The van der Waals surface area contributed by atoms with E-state index < -0.39 is 0 Å². The molecule has 15 heavy (non-hydrogen) atoms. The van der Waals surface area contributed by atoms with E-state index in [2.05, 4.69) is 40.3 Å². The fourth-order valence-electron chi connectivity index (χ4n) is 2.69. The van der Waals surface area contributed by atoms with Gasteiger partial charge in [-0.25, -0.2) is 0 Å². The van der Waals surface area contributed by atoms with E-state index in [9.17, 15) is 0 Å². The molecule has 1 saturated carbocycles. The Morgan fingerprint density at radius 1 is 1.33 bits per heavy atom. The number of rotatable bonds is 7. The third-order valence-corrected chi connectivity index (χ3v) is 4.25. The van der Waals surface area contributed by atoms with Crippen LogP contribution in [-0.2, 0) is 0 Å². The Labute approximate surface area is 96.2 Å². The molecule has 0 heteroatoms. The zero-order valence-corrected chi connectivity index (χ0v) is 11.1. The van der Waals surface area contributed by atoms with Crippen molar-refractivity contribution >= 4 is 0 Å². The summed E-state index contributed by atoms with van der Waals surface area (Å²) in [5, 5.41) is 0. The van der Waals surface area contributed by atoms with Gasteiger partial charge < -0.3 is 0 Å². The van der Waals surface area contributed by atoms with Crippen molar-refractivity contribution < 1.29 is 0 Å². The zero-order chi connectivity index (χ0) is 11.5. The fraction of sp³-hybridized carbons (Fsp3) is 0.867. The highest BCUT2D eigenvalue weighted by Crippen LogP contribution is 2.42. The lowest BCUT2D eigenvalue weighted by atomic mass is 9.70. The summed E-state index contributed by atoms with van der Waals surface area (Å²) in [6.45, 7) is 13.5. The molecule has 0 radical (unpaired) electrons. The zero-order valence-electron chi connectivity index (χ0n) is 11.1. The molecule has 2 unspecified atom stereocenters. The first-order chi connectivity index (χ1) is 6.98. The molecule has 1 fully saturated rings. The second-order valence-electron chi connectivity index (χ2n) is 6.29. The van der Waals surface area contributed by atoms with Gasteiger partial charge in [0.1, 0.15) is 0 Å². The molecule has 88 valence electrons. The molecule has 0 spiro atoms. The Kier molecular flexibility index (Phi) is 4.43. The minimum atomic E-state index is 0.468. The van der Waals surface area contributed by atoms with Crippen molar-refractivity contribution in [2.75, 3.05) is 0 Å². The Hall–Kier alpha value is -0.260. The molecule has 0 nitrogen and oxygen atoms in total. The van der Waals surface area contributed by atoms with Crippen LogP contribution >= 0.6 is 0 Å². The molecule has 1 aliphatic carbocycles. The largest absolute Gasteiger partial charge is 0.103 e. The number of hydrogen-bond acceptors (Lipinski definition) is 0. The van der Waals surface area contributed by atoms with Crippen molar-refractivity contribution in [1.29, 1.82) is 0 Å². The van der Waals surface area contributed by atoms with Crippen LogP contribution in [0.5, 0.6) is 0 Å². The Morgan fingerprint density at radius 3 is 2.33 bits per heavy atom. The van der Waals surface area contributed by atoms with Crippen molar-refractivity contribution in [3.63, 3.8) is 0 Å². The van der Waals surface area contributed by atoms with E-state index in [0.717, 1.165) is 17.8 Å². The lowest BCUT2D eigenvalue weighted by molar-refractivity contribution is 0.164. The molecule has 0 N–H and O–H groups in total. The van der Waals surface area contributed by atoms with E-state index in [0.29, 0.717) is 5.41 Å². The van der Waals surface area contributed by atoms with Gasteiger partial charge in [-0.2, -0.15) is 0 Å². The van der Waals surface area contributed by atoms with Crippen LogP contribution in [0.25, 0.3) is 0 Å². The van der Waals surface area contributed by atoms with Gasteiger partial charge in [0.05, 0.1) is 0 Å². The van der Waals surface area contributed by atoms with Crippen LogP contribution < -0.4 is 0 Å². The summed E-state index contributed by atoms with van der Waals surface area (Å²) >= 11 is 0. The van der Waals surface area contributed by atoms with Crippen LogP contribution in [-0.4, -0.2) is 0 Å². The van der Waals surface area contributed by atoms with E-state index in [4.69, 9.17) is 0 Å². The molecule has 0 amide bonds. The van der Waals surface area contributed by atoms with Crippen molar-refractivity contribution in [2.24, 2.45) is 23.2 Å². The third-order valence-electron chi connectivity index (χ3n) is 4.25. The van der Waals surface area contributed by atoms with Gasteiger partial charge in [-0.3, -0.25) is 0 Å². The predicted octanol–water partition coefficient (Wildman–Crippen LogP) is 5.05. The van der Waals surface area contributed by atoms with Crippen LogP contribution in [0.15, 0.2) is 12.7 Å². The summed E-state index contributed by atoms with van der Waals surface area (Å²) in [5.74, 6) is 2.72. The summed E-state index contributed by atoms with van der Waals surface area (Å²) < 4.78 is 0. The lowest BCUT2D eigenvalue weighted by Gasteiger charge is -2.35. The van der Waals surface area contributed by atoms with Gasteiger partial charge in [-0.15, -0.1) is 6.58 Å². The van der Waals surface area contributed by atoms with Gasteiger partial charge in [0.2, 0.25) is 0 Å². The predicted molar refractivity (Wildman–Crippen MR) is 68.9 cm³/mol. The SMILES string of the molecule is C=CCC(C)(CC(C)CC1CC1)C(C)C. The van der Waals surface area contributed by atoms with Crippen molar-refractivity contribution in [3.05, 3.63) is 12.7 Å². The molecule has 0 saturated heterocycles. The maximum absolute atomic E-state index is 3.91. The molecule has 0 aliphatic heterocycles. The smallest absolute Gasteiger partial charge is 0.0266 e. The average Bonchev–Trinajstić information content (AvgIpc) is 2.87. The second kappa shape index (κ2) is 5.18. The molecule has 1 rings (SSSR count). The van der Waals surface area contributed by atoms with Gasteiger partial charge in [0.15, 0.2) is 0 Å². The highest BCUT2D eigenvalue weighted by molar-refractivity contribution is 4.88. The number of allylic oxidation sites excluding steroid dienone is 1. The van der Waals surface area contributed by atoms with Crippen LogP contribution in [0, 0.1) is 23.2 Å². The lowest BCUT2D eigenvalue weighted by Crippen LogP contribution is -2.25. The summed E-state index contributed by atoms with van der Waals surface area (Å²) in [4.78, 5) is 0. The molecular weight excluding hydrogens is 180 g/mol. The maximum Gasteiger partial charge on any atom is -0.0266 e. The molecule has 0 heterocycles. The van der Waals surface area contributed by atoms with E-state index in [1.54, 1.807) is 0 Å². The first kappa shape index (κ1) is 12.8. The molecule has 2 atom stereocenters. The Bertz CT molecular complexity index is 200. The van der Waals surface area contributed by atoms with Crippen LogP contribution in [0.1, 0.15) is 59.8 Å². The first-order valence-corrected chi connectivity index (χ1v) is 6.59. The standard InChI is InChI=1S/C15H28/c1-6-9-15(5,12(2)3)11-13(4)10-14-7-8-14/h6,12-14H,1,7-11H2,2-5H3. The summed E-state index contributed by atoms with van der Waals surface area (Å²) in [6.07, 6.45) is 9.07. The van der Waals surface area contributed by atoms with Crippen LogP contribution in [0.4, 0.5) is 0 Å². The highest BCUT2D eigenvalue weighted by Gasteiger charge is 2.31. The minimum absolute atomic E-state index is 0.468. The third kappa shape index (κ3) is 4.01. The average molecular weight is 208 g/mol. The fourth-order valence-corrected chi connectivity index (χ4v) is 2.69. The Balaban J connectivity index is 2.44. The summed E-state index contributed by atoms with van der Waals surface area (Å²) in [7, 11) is 0. The van der Waals surface area contributed by atoms with E-state index >= 15 is 0 Å². The molecule has 1 aliphatic rings. The monoisotopic (exact) mass is 208 g/mol. The minimum Gasteiger partial charge on any atom is -0.103 e. The Morgan fingerprint density at radius 2 is 1.93 bits per heavy atom. The van der Waals surface area contributed by atoms with Gasteiger partial charge in [-0.05, 0) is 42.4 Å². The highest BCUT2D eigenvalue weighted by atomic mass is 14.4. The number of hydrogen-bond donors (Lipinski definition) is 0. The van der Waals surface area contributed by atoms with Gasteiger partial charge >= 0.3 is 0 Å². The van der Waals surface area contributed by atoms with Crippen LogP contribution in [0.3, 0.4) is 0 Å².